The number of hydrogen-bond acceptors (Lipinski definition) is 13. The number of ether oxygens (including phenoxy) is 5. The zero-order valence-electron chi connectivity index (χ0n) is 37.8. The number of carbonyl (C=O) groups excluding carboxylic acids is 3. The van der Waals surface area contributed by atoms with Crippen LogP contribution in [0.2, 0.25) is 0 Å². The Labute approximate surface area is 368 Å². The molecule has 0 radical (unpaired) electrons. The predicted octanol–water partition coefficient (Wildman–Crippen LogP) is 6.75. The van der Waals surface area contributed by atoms with Crippen molar-refractivity contribution in [1.29, 1.82) is 0 Å². The number of carboxylic acid groups (broad SMARTS) is 1. The van der Waals surface area contributed by atoms with E-state index in [0.717, 1.165) is 16.7 Å². The van der Waals surface area contributed by atoms with Crippen molar-refractivity contribution in [2.45, 2.75) is 137 Å². The normalized spacial score (nSPS) is 42.1. The van der Waals surface area contributed by atoms with Crippen LogP contribution in [0.4, 0.5) is 0 Å². The number of benzene rings is 1. The minimum atomic E-state index is -1.81. The number of aliphatic hydroxyl groups excluding tert-OH is 3. The molecule has 342 valence electrons. The fraction of sp³-hybridized carbons (Fsp3) is 0.592. The number of methoxy groups -OCH3 is 1. The van der Waals surface area contributed by atoms with Crippen molar-refractivity contribution in [3.63, 3.8) is 0 Å². The van der Waals surface area contributed by atoms with Crippen LogP contribution in [-0.4, -0.2) is 98.7 Å². The lowest BCUT2D eigenvalue weighted by Crippen LogP contribution is -2.60. The number of phenolic OH excluding ortho intramolecular Hbond substituents is 1. The van der Waals surface area contributed by atoms with E-state index in [1.807, 2.05) is 33.8 Å². The molecule has 1 saturated carbocycles. The number of aryl methyl sites for hydroxylation is 1. The SMILES string of the molecule is COc1cc(C)c(C(=O)OC2C(O)C(C)OC(OC3CCC(C)C4C3C=C(C)C3/C(C)=C/CC/C(C)=C/C5(C)C=C(C(=O)O)C(C)CC56OC(=O)/C(=C(\O)C34C)C6=O)C2O)c(O)c1. The first kappa shape index (κ1) is 46.2. The van der Waals surface area contributed by atoms with E-state index in [0.29, 0.717) is 37.0 Å². The van der Waals surface area contributed by atoms with E-state index >= 15 is 4.79 Å². The number of carbonyl (C=O) groups is 4. The highest BCUT2D eigenvalue weighted by atomic mass is 16.7. The third-order valence-electron chi connectivity index (χ3n) is 15.1. The summed E-state index contributed by atoms with van der Waals surface area (Å²) in [5, 5.41) is 56.7. The molecule has 2 bridgehead atoms. The second-order valence-electron chi connectivity index (χ2n) is 19.4. The first-order valence-corrected chi connectivity index (χ1v) is 22.0. The maximum atomic E-state index is 15.2. The molecule has 63 heavy (non-hydrogen) atoms. The van der Waals surface area contributed by atoms with Gasteiger partial charge < -0.3 is 49.2 Å². The van der Waals surface area contributed by atoms with Gasteiger partial charge in [0.25, 0.3) is 0 Å². The number of Topliss-reactive ketones (excluding diaryl/α,β-unsaturated/α-hetero) is 1. The lowest BCUT2D eigenvalue weighted by Gasteiger charge is -2.56. The maximum absolute atomic E-state index is 15.2. The van der Waals surface area contributed by atoms with Gasteiger partial charge in [-0.3, -0.25) is 4.79 Å². The van der Waals surface area contributed by atoms with Crippen molar-refractivity contribution < 1.29 is 68.4 Å². The number of aromatic hydroxyl groups is 1. The summed E-state index contributed by atoms with van der Waals surface area (Å²) in [6.45, 7) is 16.4. The van der Waals surface area contributed by atoms with E-state index in [4.69, 9.17) is 23.7 Å². The highest BCUT2D eigenvalue weighted by molar-refractivity contribution is 6.26. The number of aliphatic carboxylic acids is 1. The van der Waals surface area contributed by atoms with Crippen molar-refractivity contribution in [1.82, 2.24) is 0 Å². The number of fused-ring (bicyclic) bond motifs is 4. The second kappa shape index (κ2) is 16.7. The van der Waals surface area contributed by atoms with Gasteiger partial charge in [0.05, 0.1) is 24.7 Å². The molecule has 14 unspecified atom stereocenters. The van der Waals surface area contributed by atoms with Gasteiger partial charge in [0.15, 0.2) is 18.0 Å². The number of rotatable bonds is 6. The summed E-state index contributed by atoms with van der Waals surface area (Å²) in [5.74, 6) is -6.29. The molecule has 6 aliphatic rings. The van der Waals surface area contributed by atoms with Crippen LogP contribution in [0, 0.1) is 47.3 Å². The summed E-state index contributed by atoms with van der Waals surface area (Å²) >= 11 is 0. The Kier molecular flexibility index (Phi) is 12.2. The minimum absolute atomic E-state index is 0.0867. The van der Waals surface area contributed by atoms with Crippen molar-refractivity contribution in [2.75, 3.05) is 7.11 Å². The summed E-state index contributed by atoms with van der Waals surface area (Å²) in [6, 6.07) is 2.81. The first-order valence-electron chi connectivity index (χ1n) is 22.0. The summed E-state index contributed by atoms with van der Waals surface area (Å²) in [7, 11) is 1.42. The Hall–Kier alpha value is -4.76. The first-order chi connectivity index (χ1) is 29.5. The zero-order valence-corrected chi connectivity index (χ0v) is 37.8. The monoisotopic (exact) mass is 874 g/mol. The number of hydrogen-bond donors (Lipinski definition) is 5. The molecule has 7 rings (SSSR count). The van der Waals surface area contributed by atoms with Crippen LogP contribution >= 0.6 is 0 Å². The van der Waals surface area contributed by atoms with Crippen molar-refractivity contribution >= 4 is 23.7 Å². The molecule has 2 saturated heterocycles. The lowest BCUT2D eigenvalue weighted by atomic mass is 9.49. The molecule has 0 aromatic heterocycles. The molecule has 3 fully saturated rings. The van der Waals surface area contributed by atoms with Gasteiger partial charge in [0.2, 0.25) is 5.78 Å². The van der Waals surface area contributed by atoms with E-state index in [1.54, 1.807) is 33.8 Å². The Bertz CT molecular complexity index is 2230. The van der Waals surface area contributed by atoms with E-state index in [1.165, 1.54) is 19.3 Å². The summed E-state index contributed by atoms with van der Waals surface area (Å²) in [6.07, 6.45) is 2.21. The van der Waals surface area contributed by atoms with Crippen LogP contribution in [0.15, 0.2) is 70.1 Å². The van der Waals surface area contributed by atoms with Crippen LogP contribution in [0.25, 0.3) is 0 Å². The molecule has 14 heteroatoms. The van der Waals surface area contributed by atoms with Gasteiger partial charge in [-0.05, 0) is 96.6 Å². The quantitative estimate of drug-likeness (QED) is 0.114. The molecule has 4 aliphatic carbocycles. The molecular formula is C49H62O14. The van der Waals surface area contributed by atoms with Crippen LogP contribution in [0.5, 0.6) is 11.5 Å². The van der Waals surface area contributed by atoms with E-state index in [2.05, 4.69) is 19.1 Å². The van der Waals surface area contributed by atoms with Crippen LogP contribution in [0.1, 0.15) is 103 Å². The van der Waals surface area contributed by atoms with Gasteiger partial charge in [0.1, 0.15) is 40.6 Å². The molecule has 2 aliphatic heterocycles. The molecule has 1 spiro atoms. The summed E-state index contributed by atoms with van der Waals surface area (Å²) in [4.78, 5) is 55.5. The molecule has 5 N–H and O–H groups in total. The largest absolute Gasteiger partial charge is 0.511 e. The minimum Gasteiger partial charge on any atom is -0.511 e. The third kappa shape index (κ3) is 7.44. The fourth-order valence-corrected chi connectivity index (χ4v) is 12.2. The molecule has 14 nitrogen and oxygen atoms in total. The topological polar surface area (TPSA) is 216 Å². The highest BCUT2D eigenvalue weighted by Gasteiger charge is 2.67. The molecule has 0 amide bonds. The van der Waals surface area contributed by atoms with E-state index in [-0.39, 0.29) is 29.2 Å². The summed E-state index contributed by atoms with van der Waals surface area (Å²) < 4.78 is 29.9. The number of allylic oxidation sites excluding steroid dienone is 5. The van der Waals surface area contributed by atoms with E-state index in [9.17, 15) is 39.9 Å². The van der Waals surface area contributed by atoms with Crippen molar-refractivity contribution in [3.05, 3.63) is 81.2 Å². The average Bonchev–Trinajstić information content (AvgIpc) is 3.45. The molecular weight excluding hydrogens is 813 g/mol. The number of esters is 2. The highest BCUT2D eigenvalue weighted by Crippen LogP contribution is 2.62. The van der Waals surface area contributed by atoms with Crippen molar-refractivity contribution in [2.24, 2.45) is 40.4 Å². The van der Waals surface area contributed by atoms with Gasteiger partial charge in [-0.15, -0.1) is 0 Å². The van der Waals surface area contributed by atoms with Gasteiger partial charge in [-0.2, -0.15) is 0 Å². The molecule has 14 atom stereocenters. The molecule has 1 aromatic carbocycles. The Morgan fingerprint density at radius 3 is 2.29 bits per heavy atom. The van der Waals surface area contributed by atoms with Gasteiger partial charge in [0, 0.05) is 35.3 Å². The second-order valence-corrected chi connectivity index (χ2v) is 19.4. The average molecular weight is 875 g/mol. The number of phenols is 1. The van der Waals surface area contributed by atoms with Gasteiger partial charge in [-0.25, -0.2) is 14.4 Å². The maximum Gasteiger partial charge on any atom is 0.346 e. The predicted molar refractivity (Wildman–Crippen MR) is 228 cm³/mol. The van der Waals surface area contributed by atoms with E-state index < -0.39 is 112 Å². The van der Waals surface area contributed by atoms with Crippen LogP contribution in [0.3, 0.4) is 0 Å². The Balaban J connectivity index is 1.28. The Morgan fingerprint density at radius 2 is 1.63 bits per heavy atom. The fourth-order valence-electron chi connectivity index (χ4n) is 12.2. The number of aliphatic hydroxyl groups is 3. The van der Waals surface area contributed by atoms with Crippen LogP contribution in [-0.2, 0) is 33.3 Å². The number of ketones is 1. The van der Waals surface area contributed by atoms with Crippen molar-refractivity contribution in [3.8, 4) is 11.5 Å². The van der Waals surface area contributed by atoms with Gasteiger partial charge >= 0.3 is 17.9 Å². The Morgan fingerprint density at radius 1 is 0.937 bits per heavy atom. The third-order valence-corrected chi connectivity index (χ3v) is 15.1. The summed E-state index contributed by atoms with van der Waals surface area (Å²) in [5.41, 5.74) is -1.84. The van der Waals surface area contributed by atoms with Gasteiger partial charge in [-0.1, -0.05) is 61.8 Å². The lowest BCUT2D eigenvalue weighted by molar-refractivity contribution is -0.311. The standard InChI is InChI=1S/C49H62O14/c1-22-12-11-13-23(2)36-26(5)17-30-33(61-46-39(52)40(38(51)28(7)60-46)62-44(57)34-25(4)16-29(59-10)18-32(34)50)15-14-24(3)37(30)48(36,9)41(53)35-42(54)49(63-45(35)58)20-27(6)31(43(55)56)21-47(49,8)19-22/h13,16-19,21,24,27-28,30,33,36-40,46,50-53H,11-12,14-15,20H2,1-10H3,(H,55,56)/b22-19+,23-13+,41-35-. The number of carboxylic acids is 1. The zero-order chi connectivity index (χ0) is 46.2. The van der Waals surface area contributed by atoms with Crippen LogP contribution < -0.4 is 4.74 Å². The molecule has 1 aromatic rings. The smallest absolute Gasteiger partial charge is 0.346 e. The molecule has 2 heterocycles.